The number of piperidine rings is 1. The van der Waals surface area contributed by atoms with Crippen molar-refractivity contribution in [2.45, 2.75) is 31.9 Å². The Morgan fingerprint density at radius 1 is 1.06 bits per heavy atom. The molecule has 2 aliphatic rings. The third kappa shape index (κ3) is 3.60. The van der Waals surface area contributed by atoms with Crippen molar-refractivity contribution in [1.29, 1.82) is 0 Å². The van der Waals surface area contributed by atoms with Gasteiger partial charge in [-0.05, 0) is 38.8 Å². The summed E-state index contributed by atoms with van der Waals surface area (Å²) in [5.74, 6) is 0.0896. The number of rotatable bonds is 2. The van der Waals surface area contributed by atoms with Crippen LogP contribution in [0.25, 0.3) is 0 Å². The second-order valence-corrected chi connectivity index (χ2v) is 5.20. The Morgan fingerprint density at radius 3 is 2.11 bits per heavy atom. The van der Waals surface area contributed by atoms with Crippen molar-refractivity contribution in [2.75, 3.05) is 32.7 Å². The lowest BCUT2D eigenvalue weighted by Crippen LogP contribution is -2.44. The van der Waals surface area contributed by atoms with Gasteiger partial charge in [-0.3, -0.25) is 9.69 Å². The molecule has 104 valence electrons. The van der Waals surface area contributed by atoms with Gasteiger partial charge in [-0.2, -0.15) is 13.2 Å². The van der Waals surface area contributed by atoms with Gasteiger partial charge in [0.1, 0.15) is 0 Å². The van der Waals surface area contributed by atoms with Crippen LogP contribution in [0, 0.1) is 5.92 Å². The highest BCUT2D eigenvalue weighted by molar-refractivity contribution is 5.79. The van der Waals surface area contributed by atoms with Gasteiger partial charge < -0.3 is 4.90 Å². The number of hydrogen-bond donors (Lipinski definition) is 0. The topological polar surface area (TPSA) is 23.6 Å². The molecule has 0 aromatic rings. The molecule has 0 aliphatic carbocycles. The maximum Gasteiger partial charge on any atom is 0.401 e. The number of carbonyl (C=O) groups excluding carboxylic acids is 1. The largest absolute Gasteiger partial charge is 0.401 e. The van der Waals surface area contributed by atoms with Crippen molar-refractivity contribution >= 4 is 5.91 Å². The van der Waals surface area contributed by atoms with Crippen LogP contribution in [0.5, 0.6) is 0 Å². The standard InChI is InChI=1S/C12H19F3N2O/c13-12(14,15)9-16-7-3-10(4-8-16)11(18)17-5-1-2-6-17/h10H,1-9H2. The third-order valence-corrected chi connectivity index (χ3v) is 3.76. The highest BCUT2D eigenvalue weighted by Crippen LogP contribution is 2.24. The highest BCUT2D eigenvalue weighted by atomic mass is 19.4. The van der Waals surface area contributed by atoms with Gasteiger partial charge >= 0.3 is 6.18 Å². The quantitative estimate of drug-likeness (QED) is 0.760. The van der Waals surface area contributed by atoms with E-state index in [4.69, 9.17) is 0 Å². The number of amides is 1. The molecule has 2 heterocycles. The summed E-state index contributed by atoms with van der Waals surface area (Å²) >= 11 is 0. The van der Waals surface area contributed by atoms with Crippen LogP contribution in [-0.4, -0.2) is 54.6 Å². The highest BCUT2D eigenvalue weighted by Gasteiger charge is 2.35. The summed E-state index contributed by atoms with van der Waals surface area (Å²) in [6.07, 6.45) is -0.903. The Kier molecular flexibility index (Phi) is 4.14. The molecule has 0 spiro atoms. The molecule has 2 aliphatic heterocycles. The first-order valence-corrected chi connectivity index (χ1v) is 6.53. The Balaban J connectivity index is 1.77. The van der Waals surface area contributed by atoms with Crippen LogP contribution in [-0.2, 0) is 4.79 Å². The Morgan fingerprint density at radius 2 is 1.61 bits per heavy atom. The summed E-state index contributed by atoms with van der Waals surface area (Å²) in [4.78, 5) is 15.3. The van der Waals surface area contributed by atoms with E-state index in [1.54, 1.807) is 0 Å². The Labute approximate surface area is 105 Å². The lowest BCUT2D eigenvalue weighted by Gasteiger charge is -2.33. The number of halogens is 3. The van der Waals surface area contributed by atoms with Crippen molar-refractivity contribution in [2.24, 2.45) is 5.92 Å². The van der Waals surface area contributed by atoms with Crippen LogP contribution < -0.4 is 0 Å². The number of hydrogen-bond acceptors (Lipinski definition) is 2. The molecular formula is C12H19F3N2O. The van der Waals surface area contributed by atoms with Crippen molar-refractivity contribution in [1.82, 2.24) is 9.80 Å². The second-order valence-electron chi connectivity index (χ2n) is 5.20. The average molecular weight is 264 g/mol. The van der Waals surface area contributed by atoms with E-state index in [0.717, 1.165) is 25.9 Å². The molecule has 18 heavy (non-hydrogen) atoms. The van der Waals surface area contributed by atoms with Gasteiger partial charge in [-0.25, -0.2) is 0 Å². The Hall–Kier alpha value is -0.780. The van der Waals surface area contributed by atoms with Gasteiger partial charge in [0.05, 0.1) is 6.54 Å². The molecule has 0 N–H and O–H groups in total. The molecule has 2 rings (SSSR count). The van der Waals surface area contributed by atoms with E-state index < -0.39 is 12.7 Å². The molecule has 6 heteroatoms. The van der Waals surface area contributed by atoms with Crippen molar-refractivity contribution < 1.29 is 18.0 Å². The summed E-state index contributed by atoms with van der Waals surface area (Å²) in [6, 6.07) is 0. The molecule has 0 bridgehead atoms. The fourth-order valence-corrected chi connectivity index (χ4v) is 2.79. The first-order chi connectivity index (χ1) is 8.46. The average Bonchev–Trinajstić information content (AvgIpc) is 2.80. The SMILES string of the molecule is O=C(C1CCN(CC(F)(F)F)CC1)N1CCCC1. The molecule has 0 aromatic carbocycles. The van der Waals surface area contributed by atoms with Crippen LogP contribution in [0.1, 0.15) is 25.7 Å². The first kappa shape index (κ1) is 13.6. The molecule has 2 saturated heterocycles. The second kappa shape index (κ2) is 5.47. The normalized spacial score (nSPS) is 23.6. The van der Waals surface area contributed by atoms with E-state index in [1.807, 2.05) is 4.90 Å². The zero-order valence-electron chi connectivity index (χ0n) is 10.4. The summed E-state index contributed by atoms with van der Waals surface area (Å²) < 4.78 is 36.7. The number of nitrogens with zero attached hydrogens (tertiary/aromatic N) is 2. The van der Waals surface area contributed by atoms with E-state index in [2.05, 4.69) is 0 Å². The maximum atomic E-state index is 12.2. The molecule has 0 radical (unpaired) electrons. The predicted octanol–water partition coefficient (Wildman–Crippen LogP) is 1.88. The first-order valence-electron chi connectivity index (χ1n) is 6.53. The van der Waals surface area contributed by atoms with Crippen LogP contribution >= 0.6 is 0 Å². The number of carbonyl (C=O) groups is 1. The minimum absolute atomic E-state index is 0.0624. The van der Waals surface area contributed by atoms with E-state index in [-0.39, 0.29) is 11.8 Å². The Bertz CT molecular complexity index is 292. The van der Waals surface area contributed by atoms with Gasteiger partial charge in [0.2, 0.25) is 5.91 Å². The van der Waals surface area contributed by atoms with Crippen LogP contribution in [0.3, 0.4) is 0 Å². The fraction of sp³-hybridized carbons (Fsp3) is 0.917. The van der Waals surface area contributed by atoms with Crippen LogP contribution in [0.2, 0.25) is 0 Å². The van der Waals surface area contributed by atoms with Gasteiger partial charge in [0, 0.05) is 19.0 Å². The monoisotopic (exact) mass is 264 g/mol. The van der Waals surface area contributed by atoms with Crippen molar-refractivity contribution in [3.63, 3.8) is 0 Å². The molecular weight excluding hydrogens is 245 g/mol. The van der Waals surface area contributed by atoms with E-state index in [9.17, 15) is 18.0 Å². The molecule has 0 saturated carbocycles. The smallest absolute Gasteiger partial charge is 0.342 e. The number of alkyl halides is 3. The molecule has 0 aromatic heterocycles. The summed E-state index contributed by atoms with van der Waals surface area (Å²) in [6.45, 7) is 1.55. The zero-order valence-corrected chi connectivity index (χ0v) is 10.4. The van der Waals surface area contributed by atoms with Gasteiger partial charge in [0.25, 0.3) is 0 Å². The number of likely N-dealkylation sites (tertiary alicyclic amines) is 2. The van der Waals surface area contributed by atoms with Crippen molar-refractivity contribution in [3.8, 4) is 0 Å². The summed E-state index contributed by atoms with van der Waals surface area (Å²) in [5.41, 5.74) is 0. The van der Waals surface area contributed by atoms with Crippen LogP contribution in [0.4, 0.5) is 13.2 Å². The van der Waals surface area contributed by atoms with Gasteiger partial charge in [0.15, 0.2) is 0 Å². The molecule has 3 nitrogen and oxygen atoms in total. The third-order valence-electron chi connectivity index (χ3n) is 3.76. The van der Waals surface area contributed by atoms with Gasteiger partial charge in [-0.1, -0.05) is 0 Å². The predicted molar refractivity (Wildman–Crippen MR) is 61.0 cm³/mol. The molecule has 1 amide bonds. The fourth-order valence-electron chi connectivity index (χ4n) is 2.79. The lowest BCUT2D eigenvalue weighted by molar-refractivity contribution is -0.150. The lowest BCUT2D eigenvalue weighted by atomic mass is 9.95. The van der Waals surface area contributed by atoms with Crippen LogP contribution in [0.15, 0.2) is 0 Å². The minimum atomic E-state index is -4.13. The summed E-state index contributed by atoms with van der Waals surface area (Å²) in [7, 11) is 0. The molecule has 0 atom stereocenters. The minimum Gasteiger partial charge on any atom is -0.342 e. The van der Waals surface area contributed by atoms with E-state index >= 15 is 0 Å². The van der Waals surface area contributed by atoms with E-state index in [1.165, 1.54) is 4.90 Å². The molecule has 0 unspecified atom stereocenters. The molecule has 2 fully saturated rings. The zero-order chi connectivity index (χ0) is 13.2. The van der Waals surface area contributed by atoms with Gasteiger partial charge in [-0.15, -0.1) is 0 Å². The maximum absolute atomic E-state index is 12.2. The van der Waals surface area contributed by atoms with E-state index in [0.29, 0.717) is 25.9 Å². The van der Waals surface area contributed by atoms with Crippen molar-refractivity contribution in [3.05, 3.63) is 0 Å². The summed E-state index contributed by atoms with van der Waals surface area (Å²) in [5, 5.41) is 0.